The molecule has 0 aliphatic carbocycles. The van der Waals surface area contributed by atoms with E-state index in [9.17, 15) is 0 Å². The summed E-state index contributed by atoms with van der Waals surface area (Å²) in [6.45, 7) is 2.14. The van der Waals surface area contributed by atoms with E-state index < -0.39 is 8.07 Å². The van der Waals surface area contributed by atoms with Crippen LogP contribution < -0.4 is 20.7 Å². The normalized spacial score (nSPS) is 13.8. The quantitative estimate of drug-likeness (QED) is 0.336. The van der Waals surface area contributed by atoms with E-state index in [1.807, 2.05) is 0 Å². The molecule has 0 fully saturated rings. The monoisotopic (exact) mass is 438 g/mol. The van der Waals surface area contributed by atoms with Crippen LogP contribution in [0.1, 0.15) is 5.56 Å². The molecule has 33 heavy (non-hydrogen) atoms. The molecule has 0 unspecified atom stereocenters. The zero-order valence-electron chi connectivity index (χ0n) is 18.4. The molecule has 6 aromatic rings. The van der Waals surface area contributed by atoms with E-state index in [1.165, 1.54) is 48.2 Å². The molecule has 0 atom stereocenters. The fraction of sp³-hybridized carbons (Fsp3) is 0.0323. The highest BCUT2D eigenvalue weighted by molar-refractivity contribution is 7.22. The van der Waals surface area contributed by atoms with Crippen LogP contribution in [-0.4, -0.2) is 8.07 Å². The molecule has 1 aliphatic rings. The van der Waals surface area contributed by atoms with Crippen molar-refractivity contribution in [2.45, 2.75) is 6.92 Å². The van der Waals surface area contributed by atoms with Crippen molar-refractivity contribution in [2.75, 3.05) is 0 Å². The minimum atomic E-state index is -2.46. The molecule has 0 radical (unpaired) electrons. The second-order valence-electron chi connectivity index (χ2n) is 9.02. The zero-order chi connectivity index (χ0) is 22.0. The number of hydrogen-bond donors (Lipinski definition) is 0. The van der Waals surface area contributed by atoms with Crippen LogP contribution in [0, 0.1) is 6.92 Å². The number of furan rings is 1. The van der Waals surface area contributed by atoms with Crippen molar-refractivity contribution < 1.29 is 4.42 Å². The van der Waals surface area contributed by atoms with Crippen LogP contribution in [0.3, 0.4) is 0 Å². The van der Waals surface area contributed by atoms with Crippen LogP contribution in [0.5, 0.6) is 0 Å². The van der Waals surface area contributed by atoms with Crippen LogP contribution in [0.25, 0.3) is 33.1 Å². The third-order valence-corrected chi connectivity index (χ3v) is 12.1. The fourth-order valence-corrected chi connectivity index (χ4v) is 11.0. The topological polar surface area (TPSA) is 13.1 Å². The van der Waals surface area contributed by atoms with E-state index in [0.29, 0.717) is 0 Å². The molecule has 0 saturated carbocycles. The highest BCUT2D eigenvalue weighted by Gasteiger charge is 2.48. The lowest BCUT2D eigenvalue weighted by atomic mass is 10.0. The van der Waals surface area contributed by atoms with Crippen molar-refractivity contribution in [2.24, 2.45) is 0 Å². The highest BCUT2D eigenvalue weighted by Crippen LogP contribution is 2.36. The van der Waals surface area contributed by atoms with Gasteiger partial charge in [-0.25, -0.2) is 0 Å². The van der Waals surface area contributed by atoms with Gasteiger partial charge in [0, 0.05) is 10.8 Å². The van der Waals surface area contributed by atoms with Gasteiger partial charge in [-0.3, -0.25) is 0 Å². The first-order valence-corrected chi connectivity index (χ1v) is 13.4. The third-order valence-electron chi connectivity index (χ3n) is 7.20. The first-order chi connectivity index (χ1) is 16.3. The van der Waals surface area contributed by atoms with E-state index in [2.05, 4.69) is 122 Å². The Morgan fingerprint density at radius 2 is 1.15 bits per heavy atom. The van der Waals surface area contributed by atoms with Crippen LogP contribution in [0.4, 0.5) is 0 Å². The largest absolute Gasteiger partial charge is 0.456 e. The van der Waals surface area contributed by atoms with Gasteiger partial charge >= 0.3 is 0 Å². The molecule has 5 aromatic carbocycles. The van der Waals surface area contributed by atoms with Gasteiger partial charge in [0.2, 0.25) is 0 Å². The number of rotatable bonds is 2. The average Bonchev–Trinajstić information content (AvgIpc) is 3.36. The van der Waals surface area contributed by atoms with Gasteiger partial charge in [-0.2, -0.15) is 0 Å². The lowest BCUT2D eigenvalue weighted by Crippen LogP contribution is -2.72. The molecule has 0 amide bonds. The number of fused-ring (bicyclic) bond motifs is 6. The summed E-state index contributed by atoms with van der Waals surface area (Å²) in [5, 5.41) is 8.11. The van der Waals surface area contributed by atoms with Gasteiger partial charge in [0.1, 0.15) is 11.2 Å². The average molecular weight is 439 g/mol. The molecule has 0 saturated heterocycles. The molecular formula is C31H22OSi. The first kappa shape index (κ1) is 18.7. The van der Waals surface area contributed by atoms with Crippen molar-refractivity contribution in [3.05, 3.63) is 121 Å². The highest BCUT2D eigenvalue weighted by atomic mass is 28.3. The molecule has 0 bridgehead atoms. The maximum absolute atomic E-state index is 6.42. The molecule has 1 nitrogen and oxygen atoms in total. The Labute approximate surface area is 194 Å². The SMILES string of the molecule is Cc1ccc2oc3cc4c(cc3c2c1)-c1ccccc1[Si]4(c1ccccc1)c1ccccc1. The molecule has 156 valence electrons. The standard InChI is InChI=1S/C31H22OSi/c1-21-16-17-28-25(18-21)26-19-27-24-14-8-9-15-30(24)33(22-10-4-2-5-11-22,23-12-6-3-7-13-23)31(27)20-29(26)32-28/h2-20H,1H3. The summed E-state index contributed by atoms with van der Waals surface area (Å²) in [6.07, 6.45) is 0. The Morgan fingerprint density at radius 1 is 0.515 bits per heavy atom. The fourth-order valence-electron chi connectivity index (χ4n) is 5.82. The minimum Gasteiger partial charge on any atom is -0.456 e. The lowest BCUT2D eigenvalue weighted by molar-refractivity contribution is 0.669. The van der Waals surface area contributed by atoms with E-state index in [-0.39, 0.29) is 0 Å². The van der Waals surface area contributed by atoms with Gasteiger partial charge in [0.25, 0.3) is 0 Å². The molecule has 0 spiro atoms. The second-order valence-corrected chi connectivity index (χ2v) is 12.8. The van der Waals surface area contributed by atoms with Gasteiger partial charge in [0.05, 0.1) is 0 Å². The second kappa shape index (κ2) is 6.81. The van der Waals surface area contributed by atoms with Gasteiger partial charge in [-0.05, 0) is 63.1 Å². The summed E-state index contributed by atoms with van der Waals surface area (Å²) >= 11 is 0. The van der Waals surface area contributed by atoms with Crippen molar-refractivity contribution in [3.63, 3.8) is 0 Å². The van der Waals surface area contributed by atoms with Crippen molar-refractivity contribution >= 4 is 50.8 Å². The van der Waals surface area contributed by atoms with Crippen LogP contribution in [0.2, 0.25) is 0 Å². The summed E-state index contributed by atoms with van der Waals surface area (Å²) in [6, 6.07) is 42.4. The van der Waals surface area contributed by atoms with E-state index in [0.717, 1.165) is 11.2 Å². The summed E-state index contributed by atoms with van der Waals surface area (Å²) < 4.78 is 6.42. The third kappa shape index (κ3) is 2.47. The first-order valence-electron chi connectivity index (χ1n) is 11.4. The smallest absolute Gasteiger partial charge is 0.181 e. The predicted octanol–water partition coefficient (Wildman–Crippen LogP) is 5.25. The van der Waals surface area contributed by atoms with Crippen molar-refractivity contribution in [1.29, 1.82) is 0 Å². The number of aryl methyl sites for hydroxylation is 1. The zero-order valence-corrected chi connectivity index (χ0v) is 19.4. The van der Waals surface area contributed by atoms with Crippen LogP contribution in [-0.2, 0) is 0 Å². The van der Waals surface area contributed by atoms with E-state index in [1.54, 1.807) is 0 Å². The Balaban J connectivity index is 1.68. The number of benzene rings is 5. The van der Waals surface area contributed by atoms with E-state index >= 15 is 0 Å². The maximum Gasteiger partial charge on any atom is 0.181 e. The van der Waals surface area contributed by atoms with Gasteiger partial charge in [-0.1, -0.05) is 96.6 Å². The summed E-state index contributed by atoms with van der Waals surface area (Å²) in [4.78, 5) is 0. The predicted molar refractivity (Wildman–Crippen MR) is 141 cm³/mol. The maximum atomic E-state index is 6.42. The summed E-state index contributed by atoms with van der Waals surface area (Å²) in [5.41, 5.74) is 5.89. The van der Waals surface area contributed by atoms with Crippen LogP contribution in [0.15, 0.2) is 120 Å². The molecule has 2 heteroatoms. The Bertz CT molecular complexity index is 1620. The van der Waals surface area contributed by atoms with Crippen LogP contribution >= 0.6 is 0 Å². The minimum absolute atomic E-state index is 0.958. The molecule has 1 aromatic heterocycles. The van der Waals surface area contributed by atoms with Crippen molar-refractivity contribution in [1.82, 2.24) is 0 Å². The number of hydrogen-bond acceptors (Lipinski definition) is 1. The summed E-state index contributed by atoms with van der Waals surface area (Å²) in [7, 11) is -2.46. The Morgan fingerprint density at radius 3 is 1.88 bits per heavy atom. The van der Waals surface area contributed by atoms with Gasteiger partial charge in [0.15, 0.2) is 8.07 Å². The van der Waals surface area contributed by atoms with Gasteiger partial charge in [-0.15, -0.1) is 0 Å². The lowest BCUT2D eigenvalue weighted by Gasteiger charge is -2.31. The molecule has 0 N–H and O–H groups in total. The van der Waals surface area contributed by atoms with E-state index in [4.69, 9.17) is 4.42 Å². The molecule has 2 heterocycles. The molecule has 1 aliphatic heterocycles. The van der Waals surface area contributed by atoms with Gasteiger partial charge < -0.3 is 4.42 Å². The summed E-state index contributed by atoms with van der Waals surface area (Å²) in [5.74, 6) is 0. The molecular weight excluding hydrogens is 416 g/mol. The molecule has 7 rings (SSSR count). The van der Waals surface area contributed by atoms with Crippen molar-refractivity contribution in [3.8, 4) is 11.1 Å². The Kier molecular flexibility index (Phi) is 3.85. The Hall–Kier alpha value is -3.88.